The Morgan fingerprint density at radius 2 is 1.32 bits per heavy atom. The van der Waals surface area contributed by atoms with Gasteiger partial charge in [0.15, 0.2) is 0 Å². The Labute approximate surface area is 163 Å². The minimum atomic E-state index is -4.04. The topological polar surface area (TPSA) is 61.1 Å². The minimum Gasteiger partial charge on any atom is -0.260 e. The van der Waals surface area contributed by atoms with Gasteiger partial charge in [0, 0.05) is 0 Å². The second kappa shape index (κ2) is 6.80. The number of benzene rings is 2. The van der Waals surface area contributed by atoms with Crippen molar-refractivity contribution in [2.75, 3.05) is 0 Å². The van der Waals surface area contributed by atoms with Crippen molar-refractivity contribution in [3.8, 4) is 5.69 Å². The van der Waals surface area contributed by atoms with E-state index in [2.05, 4.69) is 0 Å². The number of allylic oxidation sites excluding steroid dienone is 2. The molecule has 3 aromatic rings. The van der Waals surface area contributed by atoms with Gasteiger partial charge in [0.05, 0.1) is 22.0 Å². The molecule has 1 aromatic heterocycles. The molecule has 1 heterocycles. The van der Waals surface area contributed by atoms with Crippen LogP contribution in [-0.4, -0.2) is 17.0 Å². The van der Waals surface area contributed by atoms with E-state index in [9.17, 15) is 13.2 Å². The molecular formula is C22H20N2O3S. The lowest BCUT2D eigenvalue weighted by atomic mass is 10.2. The molecule has 0 N–H and O–H groups in total. The zero-order valence-corrected chi connectivity index (χ0v) is 16.5. The highest BCUT2D eigenvalue weighted by molar-refractivity contribution is 7.90. The average Bonchev–Trinajstić information content (AvgIpc) is 2.80. The summed E-state index contributed by atoms with van der Waals surface area (Å²) in [6.45, 7) is 3.85. The third-order valence-corrected chi connectivity index (χ3v) is 6.46. The monoisotopic (exact) mass is 392 g/mol. The first-order chi connectivity index (χ1) is 13.4. The van der Waals surface area contributed by atoms with Gasteiger partial charge >= 0.3 is 5.69 Å². The summed E-state index contributed by atoms with van der Waals surface area (Å²) in [6.07, 6.45) is 7.93. The maximum atomic E-state index is 13.3. The Hall–Kier alpha value is -3.12. The van der Waals surface area contributed by atoms with Crippen LogP contribution < -0.4 is 5.69 Å². The van der Waals surface area contributed by atoms with Gasteiger partial charge in [0.2, 0.25) is 0 Å². The van der Waals surface area contributed by atoms with Gasteiger partial charge in [0.25, 0.3) is 10.0 Å². The van der Waals surface area contributed by atoms with Crippen LogP contribution in [0.3, 0.4) is 0 Å². The molecule has 0 fully saturated rings. The van der Waals surface area contributed by atoms with E-state index in [1.165, 1.54) is 16.7 Å². The van der Waals surface area contributed by atoms with E-state index in [0.29, 0.717) is 23.5 Å². The van der Waals surface area contributed by atoms with Crippen LogP contribution in [-0.2, 0) is 10.0 Å². The fraction of sp³-hybridized carbons (Fsp3) is 0.136. The summed E-state index contributed by atoms with van der Waals surface area (Å²) >= 11 is 0. The number of aryl methyl sites for hydroxylation is 2. The Morgan fingerprint density at radius 1 is 0.786 bits per heavy atom. The molecule has 0 amide bonds. The number of hydrogen-bond acceptors (Lipinski definition) is 3. The van der Waals surface area contributed by atoms with Crippen molar-refractivity contribution in [3.63, 3.8) is 0 Å². The summed E-state index contributed by atoms with van der Waals surface area (Å²) in [5, 5.41) is 0. The molecule has 142 valence electrons. The number of hydrogen-bond donors (Lipinski definition) is 0. The Balaban J connectivity index is 2.04. The van der Waals surface area contributed by atoms with Crippen molar-refractivity contribution >= 4 is 22.2 Å². The van der Waals surface area contributed by atoms with Crippen molar-refractivity contribution in [1.82, 2.24) is 8.54 Å². The average molecular weight is 392 g/mol. The van der Waals surface area contributed by atoms with Crippen LogP contribution >= 0.6 is 0 Å². The number of aromatic nitrogens is 2. The van der Waals surface area contributed by atoms with Gasteiger partial charge in [-0.25, -0.2) is 13.2 Å². The largest absolute Gasteiger partial charge is 0.347 e. The molecule has 6 heteroatoms. The van der Waals surface area contributed by atoms with Gasteiger partial charge in [-0.15, -0.1) is 0 Å². The molecule has 0 aliphatic heterocycles. The van der Waals surface area contributed by atoms with Crippen molar-refractivity contribution in [3.05, 3.63) is 93.7 Å². The molecule has 0 saturated carbocycles. The molecule has 0 saturated heterocycles. The van der Waals surface area contributed by atoms with Crippen molar-refractivity contribution in [1.29, 1.82) is 0 Å². The molecule has 0 radical (unpaired) electrons. The van der Waals surface area contributed by atoms with Crippen LogP contribution in [0, 0.1) is 13.8 Å². The second-order valence-corrected chi connectivity index (χ2v) is 8.63. The van der Waals surface area contributed by atoms with Gasteiger partial charge in [-0.1, -0.05) is 47.5 Å². The lowest BCUT2D eigenvalue weighted by Crippen LogP contribution is -2.29. The normalized spacial score (nSPS) is 13.4. The molecular weight excluding hydrogens is 372 g/mol. The summed E-state index contributed by atoms with van der Waals surface area (Å²) in [6, 6.07) is 14.0. The Bertz CT molecular complexity index is 1260. The summed E-state index contributed by atoms with van der Waals surface area (Å²) in [5.41, 5.74) is 2.95. The van der Waals surface area contributed by atoms with Gasteiger partial charge in [0.1, 0.15) is 0 Å². The van der Waals surface area contributed by atoms with E-state index in [1.54, 1.807) is 24.3 Å². The number of imidazole rings is 1. The molecule has 0 atom stereocenters. The fourth-order valence-corrected chi connectivity index (χ4v) is 4.65. The molecule has 28 heavy (non-hydrogen) atoms. The van der Waals surface area contributed by atoms with Crippen LogP contribution in [0.2, 0.25) is 0 Å². The summed E-state index contributed by atoms with van der Waals surface area (Å²) in [4.78, 5) is 13.4. The Morgan fingerprint density at radius 3 is 1.93 bits per heavy atom. The van der Waals surface area contributed by atoms with Gasteiger partial charge in [-0.3, -0.25) is 4.57 Å². The molecule has 0 spiro atoms. The molecule has 1 aliphatic rings. The molecule has 0 unspecified atom stereocenters. The van der Waals surface area contributed by atoms with Crippen LogP contribution in [0.1, 0.15) is 28.9 Å². The van der Waals surface area contributed by atoms with E-state index in [0.717, 1.165) is 15.1 Å². The molecule has 2 aromatic carbocycles. The van der Waals surface area contributed by atoms with Gasteiger partial charge < -0.3 is 0 Å². The molecule has 1 aliphatic carbocycles. The Kier molecular flexibility index (Phi) is 4.43. The van der Waals surface area contributed by atoms with Gasteiger partial charge in [-0.2, -0.15) is 3.97 Å². The molecule has 5 nitrogen and oxygen atoms in total. The first-order valence-electron chi connectivity index (χ1n) is 9.00. The lowest BCUT2D eigenvalue weighted by molar-refractivity contribution is 0.584. The van der Waals surface area contributed by atoms with Crippen LogP contribution in [0.4, 0.5) is 0 Å². The van der Waals surface area contributed by atoms with E-state index in [1.807, 2.05) is 50.3 Å². The van der Waals surface area contributed by atoms with Crippen LogP contribution in [0.15, 0.2) is 70.4 Å². The zero-order valence-electron chi connectivity index (χ0n) is 15.7. The number of rotatable bonds is 3. The van der Waals surface area contributed by atoms with E-state index in [-0.39, 0.29) is 4.90 Å². The minimum absolute atomic E-state index is 0.0886. The third-order valence-electron chi connectivity index (χ3n) is 4.76. The summed E-state index contributed by atoms with van der Waals surface area (Å²) in [5.74, 6) is 0. The SMILES string of the molecule is Cc1ccc(-n2c3c(n(S(=O)(=O)c4ccc(C)cc4)c2=O)C=CCC=C3)cc1. The van der Waals surface area contributed by atoms with Crippen LogP contribution in [0.25, 0.3) is 17.8 Å². The zero-order chi connectivity index (χ0) is 19.9. The van der Waals surface area contributed by atoms with Crippen molar-refractivity contribution in [2.45, 2.75) is 25.2 Å². The first kappa shape index (κ1) is 18.3. The maximum absolute atomic E-state index is 13.3. The number of fused-ring (bicyclic) bond motifs is 1. The third kappa shape index (κ3) is 2.96. The standard InChI is InChI=1S/C22H20N2O3S/c1-16-8-12-18(13-9-16)23-20-6-4-3-5-7-21(20)24(22(23)25)28(26,27)19-14-10-17(2)11-15-19/h4-15H,3H2,1-2H3. The lowest BCUT2D eigenvalue weighted by Gasteiger charge is -2.07. The number of nitrogens with zero attached hydrogens (tertiary/aromatic N) is 2. The first-order valence-corrected chi connectivity index (χ1v) is 10.4. The van der Waals surface area contributed by atoms with Crippen molar-refractivity contribution in [2.24, 2.45) is 0 Å². The summed E-state index contributed by atoms with van der Waals surface area (Å²) < 4.78 is 29.0. The quantitative estimate of drug-likeness (QED) is 0.679. The van der Waals surface area contributed by atoms with E-state index < -0.39 is 15.7 Å². The molecule has 0 bridgehead atoms. The highest BCUT2D eigenvalue weighted by Gasteiger charge is 2.28. The second-order valence-electron chi connectivity index (χ2n) is 6.85. The van der Waals surface area contributed by atoms with Crippen molar-refractivity contribution < 1.29 is 8.42 Å². The highest BCUT2D eigenvalue weighted by Crippen LogP contribution is 2.24. The van der Waals surface area contributed by atoms with E-state index >= 15 is 0 Å². The van der Waals surface area contributed by atoms with Crippen LogP contribution in [0.5, 0.6) is 0 Å². The predicted octanol–water partition coefficient (Wildman–Crippen LogP) is 3.92. The molecule has 4 rings (SSSR count). The predicted molar refractivity (Wildman–Crippen MR) is 111 cm³/mol. The highest BCUT2D eigenvalue weighted by atomic mass is 32.2. The van der Waals surface area contributed by atoms with E-state index in [4.69, 9.17) is 0 Å². The van der Waals surface area contributed by atoms with Gasteiger partial charge in [-0.05, 0) is 56.7 Å². The fourth-order valence-electron chi connectivity index (χ4n) is 3.26. The summed E-state index contributed by atoms with van der Waals surface area (Å²) in [7, 11) is -4.04. The maximum Gasteiger partial charge on any atom is 0.347 e. The smallest absolute Gasteiger partial charge is 0.260 e.